The molecule has 1 atom stereocenters. The minimum Gasteiger partial charge on any atom is -0.348 e. The van der Waals surface area contributed by atoms with Gasteiger partial charge in [-0.05, 0) is 50.3 Å². The van der Waals surface area contributed by atoms with Crippen LogP contribution in [0.3, 0.4) is 0 Å². The van der Waals surface area contributed by atoms with Crippen molar-refractivity contribution in [3.05, 3.63) is 54.1 Å². The molecule has 2 saturated heterocycles. The van der Waals surface area contributed by atoms with Gasteiger partial charge in [0.15, 0.2) is 0 Å². The Balaban J connectivity index is 1.35. The van der Waals surface area contributed by atoms with Crippen molar-refractivity contribution in [3.8, 4) is 0 Å². The fourth-order valence-electron chi connectivity index (χ4n) is 4.64. The smallest absolute Gasteiger partial charge is 0.226 e. The molecule has 2 fully saturated rings. The third-order valence-corrected chi connectivity index (χ3v) is 6.17. The van der Waals surface area contributed by atoms with E-state index >= 15 is 0 Å². The summed E-state index contributed by atoms with van der Waals surface area (Å²) in [5, 5.41) is 0. The number of carbonyl (C=O) groups excluding carboxylic acids is 1. The lowest BCUT2D eigenvalue weighted by Crippen LogP contribution is -2.42. The monoisotopic (exact) mass is 366 g/mol. The Labute approximate surface area is 161 Å². The molecule has 0 radical (unpaired) electrons. The van der Waals surface area contributed by atoms with Gasteiger partial charge >= 0.3 is 0 Å². The summed E-state index contributed by atoms with van der Waals surface area (Å²) in [5.41, 5.74) is 1.24. The predicted octanol–water partition coefficient (Wildman–Crippen LogP) is 3.45. The zero-order valence-corrected chi connectivity index (χ0v) is 16.0. The molecule has 2 aliphatic heterocycles. The lowest BCUT2D eigenvalue weighted by atomic mass is 9.81. The molecule has 0 aliphatic carbocycles. The van der Waals surface area contributed by atoms with Crippen molar-refractivity contribution in [1.82, 2.24) is 19.8 Å². The normalized spacial score (nSPS) is 22.7. The van der Waals surface area contributed by atoms with Gasteiger partial charge in [0, 0.05) is 31.4 Å². The van der Waals surface area contributed by atoms with Crippen LogP contribution in [0.2, 0.25) is 0 Å². The van der Waals surface area contributed by atoms with E-state index in [1.165, 1.54) is 12.0 Å². The van der Waals surface area contributed by atoms with Crippen LogP contribution in [0.25, 0.3) is 0 Å². The molecule has 1 aromatic carbocycles. The van der Waals surface area contributed by atoms with Gasteiger partial charge < -0.3 is 9.88 Å². The van der Waals surface area contributed by atoms with E-state index in [9.17, 15) is 4.79 Å². The molecule has 4 rings (SSSR count). The van der Waals surface area contributed by atoms with Gasteiger partial charge in [-0.1, -0.05) is 36.8 Å². The second kappa shape index (κ2) is 8.70. The number of nitrogens with zero attached hydrogens (tertiary/aromatic N) is 3. The van der Waals surface area contributed by atoms with Crippen molar-refractivity contribution >= 4 is 5.91 Å². The van der Waals surface area contributed by atoms with Crippen molar-refractivity contribution < 1.29 is 4.79 Å². The first-order valence-electron chi connectivity index (χ1n) is 10.3. The summed E-state index contributed by atoms with van der Waals surface area (Å²) in [4.78, 5) is 25.4. The molecule has 5 heteroatoms. The zero-order chi connectivity index (χ0) is 18.5. The van der Waals surface area contributed by atoms with Gasteiger partial charge in [-0.3, -0.25) is 9.69 Å². The molecule has 3 heterocycles. The molecule has 5 nitrogen and oxygen atoms in total. The number of benzene rings is 1. The van der Waals surface area contributed by atoms with E-state index < -0.39 is 0 Å². The van der Waals surface area contributed by atoms with Crippen LogP contribution in [0.4, 0.5) is 0 Å². The van der Waals surface area contributed by atoms with Crippen LogP contribution in [-0.2, 0) is 17.9 Å². The number of amides is 1. The molecule has 0 spiro atoms. The van der Waals surface area contributed by atoms with Gasteiger partial charge in [-0.25, -0.2) is 4.98 Å². The second-order valence-electron chi connectivity index (χ2n) is 8.00. The topological polar surface area (TPSA) is 52.2 Å². The maximum Gasteiger partial charge on any atom is 0.226 e. The SMILES string of the molecule is O=C1[C@H](C2CCN(Cc3ncc[nH]3)CC2)CCCCN1Cc1ccccc1. The van der Waals surface area contributed by atoms with Crippen molar-refractivity contribution in [2.45, 2.75) is 45.2 Å². The van der Waals surface area contributed by atoms with Crippen molar-refractivity contribution in [3.63, 3.8) is 0 Å². The van der Waals surface area contributed by atoms with Crippen molar-refractivity contribution in [2.75, 3.05) is 19.6 Å². The molecule has 1 amide bonds. The summed E-state index contributed by atoms with van der Waals surface area (Å²) in [6.45, 7) is 4.68. The van der Waals surface area contributed by atoms with Crippen LogP contribution in [0.1, 0.15) is 43.5 Å². The summed E-state index contributed by atoms with van der Waals surface area (Å²) in [5.74, 6) is 2.16. The van der Waals surface area contributed by atoms with Gasteiger partial charge in [0.05, 0.1) is 6.54 Å². The first kappa shape index (κ1) is 18.2. The van der Waals surface area contributed by atoms with Crippen molar-refractivity contribution in [1.29, 1.82) is 0 Å². The molecule has 1 N–H and O–H groups in total. The highest BCUT2D eigenvalue weighted by atomic mass is 16.2. The summed E-state index contributed by atoms with van der Waals surface area (Å²) in [6.07, 6.45) is 9.31. The number of hydrogen-bond acceptors (Lipinski definition) is 3. The van der Waals surface area contributed by atoms with E-state index in [1.54, 1.807) is 0 Å². The van der Waals surface area contributed by atoms with Gasteiger partial charge in [0.2, 0.25) is 5.91 Å². The molecular weight excluding hydrogens is 336 g/mol. The van der Waals surface area contributed by atoms with Gasteiger partial charge in [0.25, 0.3) is 0 Å². The van der Waals surface area contributed by atoms with E-state index in [1.807, 2.05) is 18.5 Å². The Morgan fingerprint density at radius 1 is 1.00 bits per heavy atom. The number of hydrogen-bond donors (Lipinski definition) is 1. The minimum atomic E-state index is 0.210. The largest absolute Gasteiger partial charge is 0.348 e. The number of piperidine rings is 1. The molecule has 0 saturated carbocycles. The van der Waals surface area contributed by atoms with E-state index in [2.05, 4.69) is 44.0 Å². The standard InChI is InChI=1S/C22H30N4O/c27-22-20(8-4-5-13-26(22)16-18-6-2-1-3-7-18)19-9-14-25(15-10-19)17-21-23-11-12-24-21/h1-3,6-7,11-12,19-20H,4-5,8-10,13-17H2,(H,23,24)/t20-/m0/s1. The number of rotatable bonds is 5. The number of imidazole rings is 1. The highest BCUT2D eigenvalue weighted by Crippen LogP contribution is 2.33. The summed E-state index contributed by atoms with van der Waals surface area (Å²) >= 11 is 0. The molecule has 144 valence electrons. The summed E-state index contributed by atoms with van der Waals surface area (Å²) in [7, 11) is 0. The number of nitrogens with one attached hydrogen (secondary N) is 1. The van der Waals surface area contributed by atoms with Crippen LogP contribution in [0, 0.1) is 11.8 Å². The van der Waals surface area contributed by atoms with Crippen LogP contribution >= 0.6 is 0 Å². The first-order valence-corrected chi connectivity index (χ1v) is 10.3. The van der Waals surface area contributed by atoms with E-state index in [0.717, 1.165) is 64.2 Å². The predicted molar refractivity (Wildman–Crippen MR) is 106 cm³/mol. The number of carbonyl (C=O) groups is 1. The highest BCUT2D eigenvalue weighted by molar-refractivity contribution is 5.79. The quantitative estimate of drug-likeness (QED) is 0.882. The maximum absolute atomic E-state index is 13.3. The fraction of sp³-hybridized carbons (Fsp3) is 0.545. The highest BCUT2D eigenvalue weighted by Gasteiger charge is 2.35. The number of likely N-dealkylation sites (tertiary alicyclic amines) is 2. The van der Waals surface area contributed by atoms with Gasteiger partial charge in [0.1, 0.15) is 5.82 Å². The van der Waals surface area contributed by atoms with Crippen molar-refractivity contribution in [2.24, 2.45) is 11.8 Å². The van der Waals surface area contributed by atoms with Gasteiger partial charge in [-0.15, -0.1) is 0 Å². The second-order valence-corrected chi connectivity index (χ2v) is 8.00. The van der Waals surface area contributed by atoms with E-state index in [-0.39, 0.29) is 5.92 Å². The Bertz CT molecular complexity index is 707. The molecule has 0 unspecified atom stereocenters. The average Bonchev–Trinajstić information content (AvgIpc) is 3.14. The van der Waals surface area contributed by atoms with Crippen LogP contribution in [0.15, 0.2) is 42.7 Å². The Hall–Kier alpha value is -2.14. The lowest BCUT2D eigenvalue weighted by molar-refractivity contribution is -0.138. The fourth-order valence-corrected chi connectivity index (χ4v) is 4.64. The average molecular weight is 367 g/mol. The molecule has 0 bridgehead atoms. The Morgan fingerprint density at radius 2 is 1.81 bits per heavy atom. The van der Waals surface area contributed by atoms with Gasteiger partial charge in [-0.2, -0.15) is 0 Å². The molecule has 2 aliphatic rings. The third-order valence-electron chi connectivity index (χ3n) is 6.17. The number of aromatic nitrogens is 2. The third kappa shape index (κ3) is 4.59. The molecule has 27 heavy (non-hydrogen) atoms. The Kier molecular flexibility index (Phi) is 5.87. The van der Waals surface area contributed by atoms with Crippen LogP contribution in [0.5, 0.6) is 0 Å². The number of H-pyrrole nitrogens is 1. The molecule has 1 aromatic heterocycles. The van der Waals surface area contributed by atoms with E-state index in [4.69, 9.17) is 0 Å². The maximum atomic E-state index is 13.3. The Morgan fingerprint density at radius 3 is 2.56 bits per heavy atom. The first-order chi connectivity index (χ1) is 13.3. The van der Waals surface area contributed by atoms with Crippen LogP contribution in [-0.4, -0.2) is 45.3 Å². The molecule has 2 aromatic rings. The van der Waals surface area contributed by atoms with Crippen LogP contribution < -0.4 is 0 Å². The summed E-state index contributed by atoms with van der Waals surface area (Å²) in [6, 6.07) is 10.4. The number of aromatic amines is 1. The van der Waals surface area contributed by atoms with E-state index in [0.29, 0.717) is 11.8 Å². The zero-order valence-electron chi connectivity index (χ0n) is 16.0. The minimum absolute atomic E-state index is 0.210. The summed E-state index contributed by atoms with van der Waals surface area (Å²) < 4.78 is 0. The molecular formula is C22H30N4O. The lowest BCUT2D eigenvalue weighted by Gasteiger charge is -2.36.